The minimum Gasteiger partial charge on any atom is -0.354 e. The van der Waals surface area contributed by atoms with Gasteiger partial charge in [0.1, 0.15) is 5.82 Å². The Balaban J connectivity index is 1.61. The maximum absolute atomic E-state index is 12.6. The van der Waals surface area contributed by atoms with Crippen molar-refractivity contribution >= 4 is 29.0 Å². The van der Waals surface area contributed by atoms with Crippen molar-refractivity contribution in [3.8, 4) is 0 Å². The number of benzene rings is 1. The fraction of sp³-hybridized carbons (Fsp3) is 0.333. The number of carbonyl (C=O) groups is 1. The first-order chi connectivity index (χ1) is 11.6. The first kappa shape index (κ1) is 16.7. The zero-order valence-electron chi connectivity index (χ0n) is 13.7. The van der Waals surface area contributed by atoms with Crippen LogP contribution in [0.1, 0.15) is 6.92 Å². The molecule has 6 heteroatoms. The lowest BCUT2D eigenvalue weighted by Crippen LogP contribution is -2.58. The average Bonchev–Trinajstić information content (AvgIpc) is 2.63. The molecule has 1 fully saturated rings. The minimum atomic E-state index is -1.08. The summed E-state index contributed by atoms with van der Waals surface area (Å²) in [6.07, 6.45) is 1.79. The van der Waals surface area contributed by atoms with Gasteiger partial charge < -0.3 is 10.2 Å². The molecule has 1 aromatic heterocycles. The van der Waals surface area contributed by atoms with Crippen LogP contribution in [0.3, 0.4) is 0 Å². The number of amides is 1. The summed E-state index contributed by atoms with van der Waals surface area (Å²) in [7, 11) is 0. The smallest absolute Gasteiger partial charge is 0.260 e. The van der Waals surface area contributed by atoms with E-state index in [9.17, 15) is 4.79 Å². The number of pyridine rings is 1. The fourth-order valence-electron chi connectivity index (χ4n) is 2.81. The van der Waals surface area contributed by atoms with Crippen molar-refractivity contribution in [2.24, 2.45) is 0 Å². The number of rotatable bonds is 4. The van der Waals surface area contributed by atoms with Crippen LogP contribution in [0.15, 0.2) is 54.7 Å². The molecule has 1 aromatic carbocycles. The van der Waals surface area contributed by atoms with Crippen LogP contribution in [0.25, 0.3) is 0 Å². The molecule has 1 unspecified atom stereocenters. The SMILES string of the molecule is CC(Cl)(C(=O)Nc1ccccc1)N1CCN(c2ccccn2)CC1. The highest BCUT2D eigenvalue weighted by molar-refractivity contribution is 6.35. The zero-order valence-corrected chi connectivity index (χ0v) is 14.4. The Bertz CT molecular complexity index is 670. The van der Waals surface area contributed by atoms with Crippen molar-refractivity contribution in [2.75, 3.05) is 36.4 Å². The van der Waals surface area contributed by atoms with E-state index < -0.39 is 5.00 Å². The van der Waals surface area contributed by atoms with Crippen molar-refractivity contribution < 1.29 is 4.79 Å². The summed E-state index contributed by atoms with van der Waals surface area (Å²) in [6.45, 7) is 4.75. The lowest BCUT2D eigenvalue weighted by molar-refractivity contribution is -0.122. The van der Waals surface area contributed by atoms with E-state index in [1.165, 1.54) is 0 Å². The van der Waals surface area contributed by atoms with Gasteiger partial charge in [0.25, 0.3) is 5.91 Å². The highest BCUT2D eigenvalue weighted by Crippen LogP contribution is 2.25. The summed E-state index contributed by atoms with van der Waals surface area (Å²) >= 11 is 6.59. The standard InChI is InChI=1S/C18H21ClN4O/c1-18(19,17(24)21-15-7-3-2-4-8-15)23-13-11-22(12-14-23)16-9-5-6-10-20-16/h2-10H,11-14H2,1H3,(H,21,24). The van der Waals surface area contributed by atoms with Gasteiger partial charge in [0.2, 0.25) is 0 Å². The molecule has 2 aromatic rings. The first-order valence-electron chi connectivity index (χ1n) is 8.04. The molecule has 126 valence electrons. The van der Waals surface area contributed by atoms with Gasteiger partial charge in [-0.15, -0.1) is 0 Å². The first-order valence-corrected chi connectivity index (χ1v) is 8.41. The van der Waals surface area contributed by atoms with Crippen molar-refractivity contribution in [1.29, 1.82) is 0 Å². The molecule has 0 aliphatic carbocycles. The quantitative estimate of drug-likeness (QED) is 0.684. The molecule has 1 amide bonds. The van der Waals surface area contributed by atoms with E-state index in [0.29, 0.717) is 13.1 Å². The summed E-state index contributed by atoms with van der Waals surface area (Å²) in [5.74, 6) is 0.754. The maximum atomic E-state index is 12.6. The van der Waals surface area contributed by atoms with E-state index in [4.69, 9.17) is 11.6 Å². The lowest BCUT2D eigenvalue weighted by atomic mass is 10.2. The molecule has 1 saturated heterocycles. The van der Waals surface area contributed by atoms with E-state index in [1.54, 1.807) is 13.1 Å². The molecule has 3 rings (SSSR count). The summed E-state index contributed by atoms with van der Waals surface area (Å²) in [4.78, 5) is 20.1. The van der Waals surface area contributed by atoms with Gasteiger partial charge in [-0.05, 0) is 31.2 Å². The Morgan fingerprint density at radius 1 is 1.08 bits per heavy atom. The molecular weight excluding hydrogens is 324 g/mol. The highest BCUT2D eigenvalue weighted by atomic mass is 35.5. The number of piperazine rings is 1. The average molecular weight is 345 g/mol. The van der Waals surface area contributed by atoms with Gasteiger partial charge in [0.05, 0.1) is 0 Å². The third-order valence-electron chi connectivity index (χ3n) is 4.29. The Hall–Kier alpha value is -2.11. The van der Waals surface area contributed by atoms with Crippen LogP contribution in [0.5, 0.6) is 0 Å². The number of hydrogen-bond acceptors (Lipinski definition) is 4. The molecule has 1 N–H and O–H groups in total. The van der Waals surface area contributed by atoms with E-state index in [1.807, 2.05) is 53.4 Å². The van der Waals surface area contributed by atoms with Crippen molar-refractivity contribution in [1.82, 2.24) is 9.88 Å². The number of para-hydroxylation sites is 1. The zero-order chi connectivity index (χ0) is 17.0. The van der Waals surface area contributed by atoms with E-state index in [2.05, 4.69) is 15.2 Å². The molecule has 1 aliphatic heterocycles. The number of alkyl halides is 1. The van der Waals surface area contributed by atoms with Gasteiger partial charge in [-0.1, -0.05) is 35.9 Å². The molecule has 0 bridgehead atoms. The fourth-order valence-corrected chi connectivity index (χ4v) is 3.02. The monoisotopic (exact) mass is 344 g/mol. The second-order valence-corrected chi connectivity index (χ2v) is 6.67. The predicted molar refractivity (Wildman–Crippen MR) is 97.4 cm³/mol. The largest absolute Gasteiger partial charge is 0.354 e. The second kappa shape index (κ2) is 7.20. The molecule has 1 atom stereocenters. The van der Waals surface area contributed by atoms with Gasteiger partial charge >= 0.3 is 0 Å². The number of carbonyl (C=O) groups excluding carboxylic acids is 1. The minimum absolute atomic E-state index is 0.207. The predicted octanol–water partition coefficient (Wildman–Crippen LogP) is 2.80. The van der Waals surface area contributed by atoms with Crippen LogP contribution in [0.4, 0.5) is 11.5 Å². The number of anilines is 2. The highest BCUT2D eigenvalue weighted by Gasteiger charge is 2.39. The number of nitrogens with one attached hydrogen (secondary N) is 1. The Labute approximate surface area is 147 Å². The van der Waals surface area contributed by atoms with Gasteiger partial charge in [-0.2, -0.15) is 0 Å². The van der Waals surface area contributed by atoms with Gasteiger partial charge in [0, 0.05) is 38.1 Å². The molecule has 0 spiro atoms. The molecular formula is C18H21ClN4O. The van der Waals surface area contributed by atoms with Crippen LogP contribution in [0.2, 0.25) is 0 Å². The van der Waals surface area contributed by atoms with E-state index >= 15 is 0 Å². The number of halogens is 1. The van der Waals surface area contributed by atoms with E-state index in [0.717, 1.165) is 24.6 Å². The topological polar surface area (TPSA) is 48.5 Å². The molecule has 2 heterocycles. The number of aromatic nitrogens is 1. The van der Waals surface area contributed by atoms with Gasteiger partial charge in [-0.25, -0.2) is 4.98 Å². The summed E-state index contributed by atoms with van der Waals surface area (Å²) < 4.78 is 0. The van der Waals surface area contributed by atoms with Crippen LogP contribution in [0, 0.1) is 0 Å². The second-order valence-electron chi connectivity index (χ2n) is 5.94. The molecule has 0 saturated carbocycles. The summed E-state index contributed by atoms with van der Waals surface area (Å²) in [6, 6.07) is 15.3. The lowest BCUT2D eigenvalue weighted by Gasteiger charge is -2.41. The normalized spacial score (nSPS) is 18.0. The summed E-state index contributed by atoms with van der Waals surface area (Å²) in [5, 5.41) is 2.88. The van der Waals surface area contributed by atoms with Crippen LogP contribution in [-0.2, 0) is 4.79 Å². The third-order valence-corrected chi connectivity index (χ3v) is 4.70. The Kier molecular flexibility index (Phi) is 5.02. The van der Waals surface area contributed by atoms with Gasteiger partial charge in [-0.3, -0.25) is 9.69 Å². The van der Waals surface area contributed by atoms with Crippen LogP contribution in [-0.4, -0.2) is 47.0 Å². The van der Waals surface area contributed by atoms with Crippen molar-refractivity contribution in [3.63, 3.8) is 0 Å². The van der Waals surface area contributed by atoms with Crippen molar-refractivity contribution in [3.05, 3.63) is 54.7 Å². The van der Waals surface area contributed by atoms with Crippen LogP contribution >= 0.6 is 11.6 Å². The summed E-state index contributed by atoms with van der Waals surface area (Å²) in [5.41, 5.74) is 0.751. The Morgan fingerprint density at radius 2 is 1.75 bits per heavy atom. The number of hydrogen-bond donors (Lipinski definition) is 1. The Morgan fingerprint density at radius 3 is 2.38 bits per heavy atom. The molecule has 5 nitrogen and oxygen atoms in total. The molecule has 0 radical (unpaired) electrons. The maximum Gasteiger partial charge on any atom is 0.260 e. The molecule has 1 aliphatic rings. The third kappa shape index (κ3) is 3.68. The molecule has 24 heavy (non-hydrogen) atoms. The van der Waals surface area contributed by atoms with Crippen LogP contribution < -0.4 is 10.2 Å². The van der Waals surface area contributed by atoms with E-state index in [-0.39, 0.29) is 5.91 Å². The van der Waals surface area contributed by atoms with Gasteiger partial charge in [0.15, 0.2) is 5.00 Å². The number of nitrogens with zero attached hydrogens (tertiary/aromatic N) is 3. The van der Waals surface area contributed by atoms with Crippen molar-refractivity contribution in [2.45, 2.75) is 11.9 Å².